The molecular formula is C14H15FN4O. The smallest absolute Gasteiger partial charge is 0.252 e. The lowest BCUT2D eigenvalue weighted by Crippen LogP contribution is -2.32. The van der Waals surface area contributed by atoms with Gasteiger partial charge >= 0.3 is 0 Å². The first-order valence-electron chi connectivity index (χ1n) is 6.40. The maximum atomic E-state index is 13.4. The molecule has 0 radical (unpaired) electrons. The fourth-order valence-corrected chi connectivity index (χ4v) is 2.54. The topological polar surface area (TPSA) is 64.2 Å². The van der Waals surface area contributed by atoms with Crippen LogP contribution in [0.25, 0.3) is 11.3 Å². The Labute approximate surface area is 115 Å². The summed E-state index contributed by atoms with van der Waals surface area (Å²) in [5.41, 5.74) is 7.72. The van der Waals surface area contributed by atoms with Gasteiger partial charge in [-0.25, -0.2) is 4.39 Å². The van der Waals surface area contributed by atoms with E-state index >= 15 is 0 Å². The summed E-state index contributed by atoms with van der Waals surface area (Å²) < 4.78 is 15.2. The lowest BCUT2D eigenvalue weighted by Gasteiger charge is -2.23. The predicted octanol–water partition coefficient (Wildman–Crippen LogP) is 1.23. The minimum atomic E-state index is -0.527. The van der Waals surface area contributed by atoms with E-state index in [0.717, 1.165) is 12.2 Å². The molecule has 2 aromatic rings. The molecule has 0 spiro atoms. The van der Waals surface area contributed by atoms with Crippen LogP contribution in [0.2, 0.25) is 0 Å². The molecule has 1 aromatic carbocycles. The third-order valence-corrected chi connectivity index (χ3v) is 3.52. The minimum absolute atomic E-state index is 0.360. The van der Waals surface area contributed by atoms with Gasteiger partial charge < -0.3 is 5.73 Å². The maximum absolute atomic E-state index is 13.4. The summed E-state index contributed by atoms with van der Waals surface area (Å²) in [4.78, 5) is 13.9. The van der Waals surface area contributed by atoms with Crippen LogP contribution in [0.3, 0.4) is 0 Å². The Bertz CT molecular complexity index is 680. The van der Waals surface area contributed by atoms with Crippen LogP contribution < -0.4 is 5.73 Å². The highest BCUT2D eigenvalue weighted by molar-refractivity contribution is 6.00. The summed E-state index contributed by atoms with van der Waals surface area (Å²) in [5, 5.41) is 4.44. The first-order valence-corrected chi connectivity index (χ1v) is 6.40. The maximum Gasteiger partial charge on any atom is 0.252 e. The largest absolute Gasteiger partial charge is 0.365 e. The van der Waals surface area contributed by atoms with Gasteiger partial charge in [-0.2, -0.15) is 5.10 Å². The number of carbonyl (C=O) groups is 1. The Hall–Kier alpha value is -2.21. The second-order valence-corrected chi connectivity index (χ2v) is 5.01. The summed E-state index contributed by atoms with van der Waals surface area (Å²) in [5.74, 6) is -0.887. The SMILES string of the molecule is CN1CCn2nc(-c3cccc(F)c3)c(C(N)=O)c2C1. The standard InChI is InChI=1S/C14H15FN4O/c1-18-5-6-19-11(8-18)12(14(16)20)13(17-19)9-3-2-4-10(15)7-9/h2-4,7H,5-6,8H2,1H3,(H2,16,20). The Morgan fingerprint density at radius 1 is 1.40 bits per heavy atom. The molecule has 1 aliphatic rings. The second kappa shape index (κ2) is 4.72. The molecule has 1 aliphatic heterocycles. The van der Waals surface area contributed by atoms with Crippen LogP contribution in [0.15, 0.2) is 24.3 Å². The van der Waals surface area contributed by atoms with Gasteiger partial charge in [-0.15, -0.1) is 0 Å². The minimum Gasteiger partial charge on any atom is -0.365 e. The average Bonchev–Trinajstić information content (AvgIpc) is 2.77. The number of hydrogen-bond acceptors (Lipinski definition) is 3. The fraction of sp³-hybridized carbons (Fsp3) is 0.286. The number of nitrogens with zero attached hydrogens (tertiary/aromatic N) is 3. The van der Waals surface area contributed by atoms with Crippen LogP contribution in [0.1, 0.15) is 16.1 Å². The molecule has 0 fully saturated rings. The van der Waals surface area contributed by atoms with Crippen LogP contribution in [-0.2, 0) is 13.1 Å². The van der Waals surface area contributed by atoms with E-state index in [9.17, 15) is 9.18 Å². The van der Waals surface area contributed by atoms with Crippen LogP contribution >= 0.6 is 0 Å². The van der Waals surface area contributed by atoms with E-state index in [-0.39, 0.29) is 5.82 Å². The molecule has 2 heterocycles. The highest BCUT2D eigenvalue weighted by Gasteiger charge is 2.26. The highest BCUT2D eigenvalue weighted by atomic mass is 19.1. The summed E-state index contributed by atoms with van der Waals surface area (Å²) in [6.07, 6.45) is 0. The quantitative estimate of drug-likeness (QED) is 0.896. The van der Waals surface area contributed by atoms with Crippen LogP contribution in [0.5, 0.6) is 0 Å². The Morgan fingerprint density at radius 3 is 2.90 bits per heavy atom. The van der Waals surface area contributed by atoms with Gasteiger partial charge in [-0.1, -0.05) is 12.1 Å². The Morgan fingerprint density at radius 2 is 2.20 bits per heavy atom. The fourth-order valence-electron chi connectivity index (χ4n) is 2.54. The molecule has 0 atom stereocenters. The van der Waals surface area contributed by atoms with Crippen molar-refractivity contribution in [3.8, 4) is 11.3 Å². The number of carbonyl (C=O) groups excluding carboxylic acids is 1. The van der Waals surface area contributed by atoms with Gasteiger partial charge in [0.15, 0.2) is 0 Å². The molecule has 2 N–H and O–H groups in total. The van der Waals surface area contributed by atoms with E-state index in [0.29, 0.717) is 29.9 Å². The van der Waals surface area contributed by atoms with Gasteiger partial charge in [-0.05, 0) is 19.2 Å². The zero-order valence-corrected chi connectivity index (χ0v) is 11.1. The van der Waals surface area contributed by atoms with Crippen LogP contribution in [-0.4, -0.2) is 34.2 Å². The molecule has 20 heavy (non-hydrogen) atoms. The number of nitrogens with two attached hydrogens (primary N) is 1. The second-order valence-electron chi connectivity index (χ2n) is 5.01. The van der Waals surface area contributed by atoms with Crippen molar-refractivity contribution < 1.29 is 9.18 Å². The third kappa shape index (κ3) is 2.08. The van der Waals surface area contributed by atoms with Gasteiger partial charge in [0.25, 0.3) is 5.91 Å². The van der Waals surface area contributed by atoms with Gasteiger partial charge in [0, 0.05) is 18.7 Å². The number of primary amides is 1. The number of aromatic nitrogens is 2. The van der Waals surface area contributed by atoms with E-state index in [1.54, 1.807) is 16.8 Å². The van der Waals surface area contributed by atoms with Crippen molar-refractivity contribution in [3.05, 3.63) is 41.3 Å². The predicted molar refractivity (Wildman–Crippen MR) is 72.5 cm³/mol. The molecule has 0 unspecified atom stereocenters. The van der Waals surface area contributed by atoms with Crippen molar-refractivity contribution in [2.24, 2.45) is 5.73 Å². The number of fused-ring (bicyclic) bond motifs is 1. The van der Waals surface area contributed by atoms with E-state index < -0.39 is 5.91 Å². The van der Waals surface area contributed by atoms with Gasteiger partial charge in [0.2, 0.25) is 0 Å². The van der Waals surface area contributed by atoms with Crippen LogP contribution in [0.4, 0.5) is 4.39 Å². The zero-order valence-electron chi connectivity index (χ0n) is 11.1. The highest BCUT2D eigenvalue weighted by Crippen LogP contribution is 2.28. The summed E-state index contributed by atoms with van der Waals surface area (Å²) in [7, 11) is 1.98. The summed E-state index contributed by atoms with van der Waals surface area (Å²) >= 11 is 0. The molecular weight excluding hydrogens is 259 g/mol. The van der Waals surface area contributed by atoms with Crippen LogP contribution in [0, 0.1) is 5.82 Å². The van der Waals surface area contributed by atoms with E-state index in [4.69, 9.17) is 5.73 Å². The van der Waals surface area contributed by atoms with Crippen molar-refractivity contribution >= 4 is 5.91 Å². The molecule has 1 amide bonds. The first kappa shape index (κ1) is 12.8. The molecule has 1 aromatic heterocycles. The van der Waals surface area contributed by atoms with Crippen molar-refractivity contribution in [1.82, 2.24) is 14.7 Å². The third-order valence-electron chi connectivity index (χ3n) is 3.52. The van der Waals surface area contributed by atoms with Crippen molar-refractivity contribution in [2.45, 2.75) is 13.1 Å². The number of amides is 1. The molecule has 0 saturated carbocycles. The molecule has 6 heteroatoms. The van der Waals surface area contributed by atoms with Gasteiger partial charge in [0.05, 0.1) is 17.8 Å². The van der Waals surface area contributed by atoms with E-state index in [2.05, 4.69) is 10.00 Å². The first-order chi connectivity index (χ1) is 9.56. The van der Waals surface area contributed by atoms with E-state index in [1.807, 2.05) is 7.05 Å². The number of likely N-dealkylation sites (N-methyl/N-ethyl adjacent to an activating group) is 1. The molecule has 3 rings (SSSR count). The van der Waals surface area contributed by atoms with Gasteiger partial charge in [-0.3, -0.25) is 14.4 Å². The number of hydrogen-bond donors (Lipinski definition) is 1. The lowest BCUT2D eigenvalue weighted by atomic mass is 10.0. The Kier molecular flexibility index (Phi) is 3.02. The number of halogens is 1. The van der Waals surface area contributed by atoms with Crippen molar-refractivity contribution in [1.29, 1.82) is 0 Å². The van der Waals surface area contributed by atoms with Crippen molar-refractivity contribution in [3.63, 3.8) is 0 Å². The number of rotatable bonds is 2. The molecule has 5 nitrogen and oxygen atoms in total. The van der Waals surface area contributed by atoms with E-state index in [1.165, 1.54) is 12.1 Å². The average molecular weight is 274 g/mol. The van der Waals surface area contributed by atoms with Crippen molar-refractivity contribution in [2.75, 3.05) is 13.6 Å². The Balaban J connectivity index is 2.19. The normalized spacial score (nSPS) is 15.1. The zero-order chi connectivity index (χ0) is 14.3. The lowest BCUT2D eigenvalue weighted by molar-refractivity contribution is 0.0998. The molecule has 0 saturated heterocycles. The summed E-state index contributed by atoms with van der Waals surface area (Å²) in [6, 6.07) is 6.05. The molecule has 0 bridgehead atoms. The molecule has 104 valence electrons. The summed E-state index contributed by atoms with van der Waals surface area (Å²) in [6.45, 7) is 2.16. The van der Waals surface area contributed by atoms with Gasteiger partial charge in [0.1, 0.15) is 11.5 Å². The molecule has 0 aliphatic carbocycles. The monoisotopic (exact) mass is 274 g/mol. The number of benzene rings is 1.